The second kappa shape index (κ2) is 7.34. The highest BCUT2D eigenvalue weighted by molar-refractivity contribution is 6.06. The molecular formula is C20H25N3O4. The molecule has 2 aromatic heterocycles. The minimum absolute atomic E-state index is 0.309. The number of likely N-dealkylation sites (N-methyl/N-ethyl adjacent to an activating group) is 1. The maximum atomic E-state index is 12.3. The zero-order valence-corrected chi connectivity index (χ0v) is 15.7. The average Bonchev–Trinajstić information content (AvgIpc) is 3.19. The summed E-state index contributed by atoms with van der Waals surface area (Å²) in [6, 6.07) is 9.42. The predicted molar refractivity (Wildman–Crippen MR) is 103 cm³/mol. The number of aliphatic hydroxyl groups excluding tert-OH is 1. The van der Waals surface area contributed by atoms with Gasteiger partial charge in [-0.2, -0.15) is 0 Å². The number of benzene rings is 1. The molecule has 0 bridgehead atoms. The van der Waals surface area contributed by atoms with Gasteiger partial charge < -0.3 is 23.7 Å². The summed E-state index contributed by atoms with van der Waals surface area (Å²) in [6.45, 7) is 4.76. The van der Waals surface area contributed by atoms with Gasteiger partial charge in [-0.1, -0.05) is 12.1 Å². The van der Waals surface area contributed by atoms with Crippen molar-refractivity contribution in [2.45, 2.75) is 12.6 Å². The molecule has 3 aromatic rings. The van der Waals surface area contributed by atoms with Crippen molar-refractivity contribution in [2.24, 2.45) is 0 Å². The molecule has 1 N–H and O–H groups in total. The highest BCUT2D eigenvalue weighted by atomic mass is 16.5. The first-order valence-electron chi connectivity index (χ1n) is 9.25. The third kappa shape index (κ3) is 3.45. The van der Waals surface area contributed by atoms with Gasteiger partial charge in [0, 0.05) is 44.2 Å². The smallest absolute Gasteiger partial charge is 0.354 e. The summed E-state index contributed by atoms with van der Waals surface area (Å²) < 4.78 is 12.6. The number of carbonyl (C=O) groups is 1. The van der Waals surface area contributed by atoms with Crippen molar-refractivity contribution in [1.82, 2.24) is 14.4 Å². The number of hydrogen-bond donors (Lipinski definition) is 1. The normalized spacial score (nSPS) is 17.6. The standard InChI is InChI=1S/C20H25N3O4/c1-21-7-9-22(10-8-21)12-14(24)13-23-16(20(25)26-2)11-18-19(23)15-5-3-4-6-17(15)27-18/h3-6,11,14,24H,7-10,12-13H2,1-2H3/t14-/m1/s1. The van der Waals surface area contributed by atoms with Crippen LogP contribution < -0.4 is 0 Å². The molecule has 1 aliphatic heterocycles. The Labute approximate surface area is 157 Å². The van der Waals surface area contributed by atoms with Gasteiger partial charge in [-0.15, -0.1) is 0 Å². The molecule has 7 nitrogen and oxygen atoms in total. The van der Waals surface area contributed by atoms with Crippen molar-refractivity contribution in [3.05, 3.63) is 36.0 Å². The summed E-state index contributed by atoms with van der Waals surface area (Å²) in [7, 11) is 3.47. The van der Waals surface area contributed by atoms with Crippen molar-refractivity contribution in [3.8, 4) is 0 Å². The van der Waals surface area contributed by atoms with Crippen molar-refractivity contribution < 1.29 is 19.1 Å². The Bertz CT molecular complexity index is 953. The number of methoxy groups -OCH3 is 1. The van der Waals surface area contributed by atoms with Gasteiger partial charge in [0.15, 0.2) is 5.58 Å². The van der Waals surface area contributed by atoms with Crippen LogP contribution in [-0.2, 0) is 11.3 Å². The van der Waals surface area contributed by atoms with Crippen LogP contribution in [0.1, 0.15) is 10.5 Å². The number of para-hydroxylation sites is 1. The lowest BCUT2D eigenvalue weighted by Crippen LogP contribution is -2.47. The van der Waals surface area contributed by atoms with Crippen LogP contribution >= 0.6 is 0 Å². The summed E-state index contributed by atoms with van der Waals surface area (Å²) in [5.74, 6) is -0.433. The van der Waals surface area contributed by atoms with Crippen LogP contribution in [0, 0.1) is 0 Å². The molecule has 1 atom stereocenters. The first-order chi connectivity index (χ1) is 13.1. The van der Waals surface area contributed by atoms with Crippen molar-refractivity contribution >= 4 is 28.0 Å². The number of nitrogens with zero attached hydrogens (tertiary/aromatic N) is 3. The summed E-state index contributed by atoms with van der Waals surface area (Å²) in [4.78, 5) is 16.8. The van der Waals surface area contributed by atoms with E-state index < -0.39 is 12.1 Å². The number of ether oxygens (including phenoxy) is 1. The molecule has 144 valence electrons. The van der Waals surface area contributed by atoms with E-state index in [1.807, 2.05) is 28.8 Å². The van der Waals surface area contributed by atoms with E-state index in [-0.39, 0.29) is 0 Å². The van der Waals surface area contributed by atoms with Gasteiger partial charge in [-0.25, -0.2) is 4.79 Å². The number of aromatic nitrogens is 1. The highest BCUT2D eigenvalue weighted by Crippen LogP contribution is 2.32. The highest BCUT2D eigenvalue weighted by Gasteiger charge is 2.24. The lowest BCUT2D eigenvalue weighted by atomic mass is 10.2. The number of hydrogen-bond acceptors (Lipinski definition) is 6. The van der Waals surface area contributed by atoms with Gasteiger partial charge >= 0.3 is 5.97 Å². The Morgan fingerprint density at radius 2 is 1.93 bits per heavy atom. The molecule has 1 aliphatic rings. The molecule has 0 unspecified atom stereocenters. The molecule has 27 heavy (non-hydrogen) atoms. The summed E-state index contributed by atoms with van der Waals surface area (Å²) in [6.07, 6.45) is -0.596. The number of furan rings is 1. The Kier molecular flexibility index (Phi) is 4.90. The summed E-state index contributed by atoms with van der Waals surface area (Å²) in [5.41, 5.74) is 2.61. The lowest BCUT2D eigenvalue weighted by molar-refractivity contribution is 0.0567. The van der Waals surface area contributed by atoms with E-state index in [0.717, 1.165) is 42.7 Å². The fraction of sp³-hybridized carbons (Fsp3) is 0.450. The van der Waals surface area contributed by atoms with E-state index in [0.29, 0.717) is 24.4 Å². The second-order valence-corrected chi connectivity index (χ2v) is 7.20. The molecule has 0 amide bonds. The van der Waals surface area contributed by atoms with Crippen molar-refractivity contribution in [1.29, 1.82) is 0 Å². The van der Waals surface area contributed by atoms with Gasteiger partial charge in [0.05, 0.1) is 25.3 Å². The maximum absolute atomic E-state index is 12.3. The zero-order chi connectivity index (χ0) is 19.0. The number of carbonyl (C=O) groups excluding carboxylic acids is 1. The molecule has 0 aliphatic carbocycles. The van der Waals surface area contributed by atoms with E-state index in [4.69, 9.17) is 9.15 Å². The second-order valence-electron chi connectivity index (χ2n) is 7.20. The van der Waals surface area contributed by atoms with E-state index in [1.54, 1.807) is 6.07 Å². The van der Waals surface area contributed by atoms with E-state index >= 15 is 0 Å². The largest absolute Gasteiger partial charge is 0.464 e. The van der Waals surface area contributed by atoms with Crippen LogP contribution in [0.3, 0.4) is 0 Å². The fourth-order valence-corrected chi connectivity index (χ4v) is 3.81. The lowest BCUT2D eigenvalue weighted by Gasteiger charge is -2.33. The monoisotopic (exact) mass is 371 g/mol. The van der Waals surface area contributed by atoms with Gasteiger partial charge in [-0.05, 0) is 19.2 Å². The average molecular weight is 371 g/mol. The number of rotatable bonds is 5. The molecule has 7 heteroatoms. The van der Waals surface area contributed by atoms with Crippen LogP contribution in [0.5, 0.6) is 0 Å². The van der Waals surface area contributed by atoms with Gasteiger partial charge in [0.1, 0.15) is 11.3 Å². The van der Waals surface area contributed by atoms with E-state index in [2.05, 4.69) is 16.8 Å². The first kappa shape index (κ1) is 18.0. The van der Waals surface area contributed by atoms with Gasteiger partial charge in [-0.3, -0.25) is 4.90 Å². The minimum Gasteiger partial charge on any atom is -0.464 e. The van der Waals surface area contributed by atoms with Gasteiger partial charge in [0.2, 0.25) is 0 Å². The number of β-amino-alcohol motifs (C(OH)–C–C–N with tert-alkyl or cyclic N) is 1. The summed E-state index contributed by atoms with van der Waals surface area (Å²) in [5, 5.41) is 11.7. The van der Waals surface area contributed by atoms with Crippen LogP contribution in [0.15, 0.2) is 34.7 Å². The van der Waals surface area contributed by atoms with Crippen LogP contribution in [-0.4, -0.2) is 78.4 Å². The third-order valence-corrected chi connectivity index (χ3v) is 5.28. The topological polar surface area (TPSA) is 71.1 Å². The van der Waals surface area contributed by atoms with Crippen LogP contribution in [0.2, 0.25) is 0 Å². The number of piperazine rings is 1. The quantitative estimate of drug-likeness (QED) is 0.690. The minimum atomic E-state index is -0.596. The first-order valence-corrected chi connectivity index (χ1v) is 9.25. The zero-order valence-electron chi connectivity index (χ0n) is 15.7. The maximum Gasteiger partial charge on any atom is 0.354 e. The Morgan fingerprint density at radius 1 is 1.19 bits per heavy atom. The van der Waals surface area contributed by atoms with Crippen LogP contribution in [0.25, 0.3) is 22.1 Å². The Morgan fingerprint density at radius 3 is 2.67 bits per heavy atom. The molecular weight excluding hydrogens is 346 g/mol. The van der Waals surface area contributed by atoms with Crippen molar-refractivity contribution in [3.63, 3.8) is 0 Å². The summed E-state index contributed by atoms with van der Waals surface area (Å²) >= 11 is 0. The molecule has 1 saturated heterocycles. The Hall–Kier alpha value is -2.35. The number of esters is 1. The molecule has 4 rings (SSSR count). The van der Waals surface area contributed by atoms with E-state index in [9.17, 15) is 9.90 Å². The molecule has 0 saturated carbocycles. The van der Waals surface area contributed by atoms with Crippen LogP contribution in [0.4, 0.5) is 0 Å². The third-order valence-electron chi connectivity index (χ3n) is 5.28. The number of fused-ring (bicyclic) bond motifs is 3. The molecule has 0 radical (unpaired) electrons. The molecule has 1 aromatic carbocycles. The number of aliphatic hydroxyl groups is 1. The fourth-order valence-electron chi connectivity index (χ4n) is 3.81. The molecule has 3 heterocycles. The van der Waals surface area contributed by atoms with Gasteiger partial charge in [0.25, 0.3) is 0 Å². The van der Waals surface area contributed by atoms with Crippen molar-refractivity contribution in [2.75, 3.05) is 46.9 Å². The SMILES string of the molecule is COC(=O)c1cc2oc3ccccc3c2n1C[C@H](O)CN1CCN(C)CC1. The molecule has 1 fully saturated rings. The predicted octanol–water partition coefficient (Wildman–Crippen LogP) is 1.78. The van der Waals surface area contributed by atoms with E-state index in [1.165, 1.54) is 7.11 Å². The Balaban J connectivity index is 1.65. The molecule has 0 spiro atoms.